The van der Waals surface area contributed by atoms with Crippen LogP contribution in [0, 0.1) is 0 Å². The normalized spacial score (nSPS) is 13.3. The van der Waals surface area contributed by atoms with Gasteiger partial charge in [-0.25, -0.2) is 14.8 Å². The van der Waals surface area contributed by atoms with Gasteiger partial charge in [-0.05, 0) is 83.9 Å². The van der Waals surface area contributed by atoms with E-state index in [4.69, 9.17) is 4.74 Å². The predicted molar refractivity (Wildman–Crippen MR) is 160 cm³/mol. The molecule has 2 aromatic heterocycles. The fourth-order valence-electron chi connectivity index (χ4n) is 5.21. The van der Waals surface area contributed by atoms with Crippen molar-refractivity contribution in [3.63, 3.8) is 0 Å². The molecule has 2 N–H and O–H groups in total. The molecular formula is C31H49N7O2. The number of nitrogens with zero attached hydrogens (tertiary/aromatic N) is 5. The lowest BCUT2D eigenvalue weighted by Gasteiger charge is -2.29. The number of benzene rings is 1. The Bertz CT molecular complexity index is 1060. The monoisotopic (exact) mass is 551 g/mol. The number of carbonyl (C=O) groups is 1. The van der Waals surface area contributed by atoms with Crippen LogP contribution in [0.25, 0.3) is 0 Å². The van der Waals surface area contributed by atoms with Crippen LogP contribution < -0.4 is 0 Å². The van der Waals surface area contributed by atoms with Crippen molar-refractivity contribution < 1.29 is 9.53 Å². The summed E-state index contributed by atoms with van der Waals surface area (Å²) in [5.41, 5.74) is 2.12. The van der Waals surface area contributed by atoms with Crippen LogP contribution in [0.2, 0.25) is 0 Å². The summed E-state index contributed by atoms with van der Waals surface area (Å²) in [4.78, 5) is 35.4. The Morgan fingerprint density at radius 1 is 0.900 bits per heavy atom. The number of unbranched alkanes of at least 4 members (excludes halogenated alkanes) is 1. The van der Waals surface area contributed by atoms with Gasteiger partial charge in [-0.2, -0.15) is 0 Å². The summed E-state index contributed by atoms with van der Waals surface area (Å²) in [5.74, 6) is 1.63. The van der Waals surface area contributed by atoms with Gasteiger partial charge >= 0.3 is 5.97 Å². The smallest absolute Gasteiger partial charge is 0.327 e. The Morgan fingerprint density at radius 3 is 2.17 bits per heavy atom. The lowest BCUT2D eigenvalue weighted by Crippen LogP contribution is -2.34. The SMILES string of the molecule is CCCN(CCC)CCCCN(C)C(C(=O)OCC)c1ccc(CN(Cc2ncc[nH]2)C(C)c2ncc[nH]2)cc1. The molecule has 3 aromatic rings. The average Bonchev–Trinajstić information content (AvgIpc) is 3.67. The molecule has 0 aliphatic heterocycles. The molecule has 0 aliphatic carbocycles. The number of ether oxygens (including phenoxy) is 1. The first-order valence-electron chi connectivity index (χ1n) is 14.9. The van der Waals surface area contributed by atoms with E-state index in [1.807, 2.05) is 26.4 Å². The number of imidazole rings is 2. The van der Waals surface area contributed by atoms with Crippen LogP contribution in [0.4, 0.5) is 0 Å². The summed E-state index contributed by atoms with van der Waals surface area (Å²) in [6.07, 6.45) is 11.8. The van der Waals surface area contributed by atoms with Gasteiger partial charge in [0, 0.05) is 31.3 Å². The summed E-state index contributed by atoms with van der Waals surface area (Å²) in [6.45, 7) is 14.5. The molecule has 0 spiro atoms. The Hall–Kier alpha value is -3.01. The van der Waals surface area contributed by atoms with Gasteiger partial charge in [0.2, 0.25) is 0 Å². The topological polar surface area (TPSA) is 93.4 Å². The van der Waals surface area contributed by atoms with E-state index in [-0.39, 0.29) is 12.0 Å². The number of aromatic amines is 2. The van der Waals surface area contributed by atoms with Crippen molar-refractivity contribution in [1.82, 2.24) is 34.6 Å². The molecule has 0 fully saturated rings. The first-order valence-corrected chi connectivity index (χ1v) is 14.9. The highest BCUT2D eigenvalue weighted by Crippen LogP contribution is 2.25. The van der Waals surface area contributed by atoms with Crippen molar-refractivity contribution in [1.29, 1.82) is 0 Å². The van der Waals surface area contributed by atoms with Crippen LogP contribution >= 0.6 is 0 Å². The van der Waals surface area contributed by atoms with E-state index in [0.717, 1.165) is 68.3 Å². The van der Waals surface area contributed by atoms with Crippen LogP contribution in [0.1, 0.15) is 88.2 Å². The maximum Gasteiger partial charge on any atom is 0.327 e. The summed E-state index contributed by atoms with van der Waals surface area (Å²) in [7, 11) is 2.03. The number of hydrogen-bond donors (Lipinski definition) is 2. The van der Waals surface area contributed by atoms with Crippen molar-refractivity contribution in [2.75, 3.05) is 39.8 Å². The summed E-state index contributed by atoms with van der Waals surface area (Å²) >= 11 is 0. The van der Waals surface area contributed by atoms with Gasteiger partial charge < -0.3 is 19.6 Å². The van der Waals surface area contributed by atoms with Crippen molar-refractivity contribution in [2.45, 2.75) is 78.6 Å². The zero-order valence-corrected chi connectivity index (χ0v) is 25.1. The Morgan fingerprint density at radius 2 is 1.57 bits per heavy atom. The van der Waals surface area contributed by atoms with E-state index in [1.54, 1.807) is 12.4 Å². The Kier molecular flexibility index (Phi) is 13.4. The molecule has 2 unspecified atom stereocenters. The van der Waals surface area contributed by atoms with Gasteiger partial charge in [0.1, 0.15) is 17.7 Å². The fraction of sp³-hybridized carbons (Fsp3) is 0.581. The lowest BCUT2D eigenvalue weighted by atomic mass is 10.0. The van der Waals surface area contributed by atoms with Crippen molar-refractivity contribution in [3.8, 4) is 0 Å². The van der Waals surface area contributed by atoms with E-state index in [0.29, 0.717) is 13.2 Å². The first-order chi connectivity index (χ1) is 19.5. The highest BCUT2D eigenvalue weighted by molar-refractivity contribution is 5.77. The Labute approximate surface area is 240 Å². The maximum atomic E-state index is 13.1. The van der Waals surface area contributed by atoms with E-state index in [9.17, 15) is 4.79 Å². The molecule has 40 heavy (non-hydrogen) atoms. The third-order valence-corrected chi connectivity index (χ3v) is 7.32. The maximum absolute atomic E-state index is 13.1. The fourth-order valence-corrected chi connectivity index (χ4v) is 5.21. The summed E-state index contributed by atoms with van der Waals surface area (Å²) < 4.78 is 5.50. The third kappa shape index (κ3) is 9.57. The minimum atomic E-state index is -0.419. The third-order valence-electron chi connectivity index (χ3n) is 7.32. The number of rotatable bonds is 19. The number of likely N-dealkylation sites (N-methyl/N-ethyl adjacent to an activating group) is 1. The number of aromatic nitrogens is 4. The molecule has 9 nitrogen and oxygen atoms in total. The molecule has 0 saturated carbocycles. The number of carbonyl (C=O) groups excluding carboxylic acids is 1. The number of nitrogens with one attached hydrogen (secondary N) is 2. The van der Waals surface area contributed by atoms with Crippen LogP contribution in [0.5, 0.6) is 0 Å². The zero-order chi connectivity index (χ0) is 28.7. The Balaban J connectivity index is 1.67. The number of esters is 1. The van der Waals surface area contributed by atoms with Gasteiger partial charge in [0.25, 0.3) is 0 Å². The standard InChI is InChI=1S/C31H49N7O2/c1-6-19-37(20-7-2)22-10-9-21-36(5)29(31(39)40-8-3)27-13-11-26(12-14-27)23-38(24-28-32-15-16-33-28)25(4)30-34-17-18-35-30/h11-18,25,29H,6-10,19-24H2,1-5H3,(H,32,33)(H,34,35). The molecule has 9 heteroatoms. The minimum absolute atomic E-state index is 0.0729. The molecule has 2 atom stereocenters. The molecule has 0 bridgehead atoms. The van der Waals surface area contributed by atoms with Gasteiger partial charge in [-0.15, -0.1) is 0 Å². The van der Waals surface area contributed by atoms with Gasteiger partial charge in [-0.1, -0.05) is 38.1 Å². The molecule has 0 aliphatic rings. The van der Waals surface area contributed by atoms with Gasteiger partial charge in [0.05, 0.1) is 19.2 Å². The average molecular weight is 552 g/mol. The van der Waals surface area contributed by atoms with Crippen LogP contribution in [-0.2, 0) is 22.6 Å². The second-order valence-corrected chi connectivity index (χ2v) is 10.5. The molecule has 0 amide bonds. The molecule has 1 aromatic carbocycles. The molecule has 2 heterocycles. The second kappa shape index (κ2) is 16.9. The van der Waals surface area contributed by atoms with Crippen LogP contribution in [0.15, 0.2) is 49.1 Å². The largest absolute Gasteiger partial charge is 0.465 e. The molecule has 3 rings (SSSR count). The summed E-state index contributed by atoms with van der Waals surface area (Å²) in [5, 5.41) is 0. The van der Waals surface area contributed by atoms with Crippen molar-refractivity contribution >= 4 is 5.97 Å². The van der Waals surface area contributed by atoms with Crippen molar-refractivity contribution in [2.24, 2.45) is 0 Å². The summed E-state index contributed by atoms with van der Waals surface area (Å²) in [6, 6.07) is 8.03. The minimum Gasteiger partial charge on any atom is -0.465 e. The zero-order valence-electron chi connectivity index (χ0n) is 25.1. The second-order valence-electron chi connectivity index (χ2n) is 10.5. The molecular weight excluding hydrogens is 502 g/mol. The quantitative estimate of drug-likeness (QED) is 0.154. The molecule has 220 valence electrons. The van der Waals surface area contributed by atoms with Crippen molar-refractivity contribution in [3.05, 3.63) is 71.8 Å². The van der Waals surface area contributed by atoms with E-state index in [1.165, 1.54) is 12.8 Å². The number of hydrogen-bond acceptors (Lipinski definition) is 7. The highest BCUT2D eigenvalue weighted by atomic mass is 16.5. The predicted octanol–water partition coefficient (Wildman–Crippen LogP) is 5.33. The van der Waals surface area contributed by atoms with Gasteiger partial charge in [0.15, 0.2) is 0 Å². The highest BCUT2D eigenvalue weighted by Gasteiger charge is 2.27. The van der Waals surface area contributed by atoms with E-state index < -0.39 is 6.04 Å². The number of H-pyrrole nitrogens is 2. The van der Waals surface area contributed by atoms with E-state index in [2.05, 4.69) is 79.7 Å². The molecule has 0 radical (unpaired) electrons. The van der Waals surface area contributed by atoms with Crippen LogP contribution in [-0.4, -0.2) is 80.4 Å². The lowest BCUT2D eigenvalue weighted by molar-refractivity contribution is -0.149. The van der Waals surface area contributed by atoms with Gasteiger partial charge in [-0.3, -0.25) is 9.80 Å². The van der Waals surface area contributed by atoms with Crippen LogP contribution in [0.3, 0.4) is 0 Å². The first kappa shape index (κ1) is 31.5. The molecule has 0 saturated heterocycles. The van der Waals surface area contributed by atoms with E-state index >= 15 is 0 Å².